The molecule has 0 saturated heterocycles. The summed E-state index contributed by atoms with van der Waals surface area (Å²) in [5.41, 5.74) is 3.97. The van der Waals surface area contributed by atoms with Crippen LogP contribution in [-0.2, 0) is 11.2 Å². The van der Waals surface area contributed by atoms with E-state index in [0.29, 0.717) is 6.42 Å². The second kappa shape index (κ2) is 6.29. The van der Waals surface area contributed by atoms with Crippen LogP contribution in [0.15, 0.2) is 66.9 Å². The molecule has 0 unspecified atom stereocenters. The molecule has 0 aliphatic carbocycles. The largest absolute Gasteiger partial charge is 0.361 e. The third kappa shape index (κ3) is 2.94. The van der Waals surface area contributed by atoms with E-state index < -0.39 is 0 Å². The zero-order valence-corrected chi connectivity index (χ0v) is 13.6. The second-order valence-corrected chi connectivity index (χ2v) is 6.33. The Morgan fingerprint density at radius 1 is 1.08 bits per heavy atom. The molecule has 1 amide bonds. The molecule has 4 aromatic rings. The number of para-hydroxylation sites is 1. The maximum Gasteiger partial charge on any atom is 0.229 e. The fraction of sp³-hybridized carbons (Fsp3) is 0.0526. The molecule has 4 rings (SSSR count). The Morgan fingerprint density at radius 3 is 2.75 bits per heavy atom. The Balaban J connectivity index is 1.48. The number of benzene rings is 2. The van der Waals surface area contributed by atoms with Gasteiger partial charge in [0.05, 0.1) is 12.1 Å². The summed E-state index contributed by atoms with van der Waals surface area (Å²) in [6.45, 7) is 0. The molecular formula is C19H15N3OS. The van der Waals surface area contributed by atoms with E-state index in [1.807, 2.05) is 66.9 Å². The van der Waals surface area contributed by atoms with Gasteiger partial charge in [-0.3, -0.25) is 4.79 Å². The first-order valence-corrected chi connectivity index (χ1v) is 8.44. The minimum atomic E-state index is -0.0389. The van der Waals surface area contributed by atoms with E-state index in [2.05, 4.69) is 14.7 Å². The van der Waals surface area contributed by atoms with Crippen molar-refractivity contribution in [1.29, 1.82) is 0 Å². The predicted octanol–water partition coefficient (Wildman–Crippen LogP) is 4.47. The van der Waals surface area contributed by atoms with Gasteiger partial charge in [-0.1, -0.05) is 48.5 Å². The van der Waals surface area contributed by atoms with E-state index in [1.165, 1.54) is 11.5 Å². The van der Waals surface area contributed by atoms with Crippen LogP contribution in [0.4, 0.5) is 5.00 Å². The lowest BCUT2D eigenvalue weighted by Gasteiger charge is -2.01. The van der Waals surface area contributed by atoms with Crippen molar-refractivity contribution in [3.8, 4) is 11.3 Å². The zero-order valence-electron chi connectivity index (χ0n) is 12.8. The normalized spacial score (nSPS) is 10.8. The number of anilines is 1. The summed E-state index contributed by atoms with van der Waals surface area (Å²) in [4.78, 5) is 15.5. The van der Waals surface area contributed by atoms with E-state index in [4.69, 9.17) is 0 Å². The van der Waals surface area contributed by atoms with Crippen LogP contribution in [0.3, 0.4) is 0 Å². The van der Waals surface area contributed by atoms with Crippen molar-refractivity contribution in [3.05, 3.63) is 72.4 Å². The molecule has 118 valence electrons. The average molecular weight is 333 g/mol. The summed E-state index contributed by atoms with van der Waals surface area (Å²) in [6.07, 6.45) is 2.23. The predicted molar refractivity (Wildman–Crippen MR) is 98.2 cm³/mol. The third-order valence-corrected chi connectivity index (χ3v) is 4.57. The molecule has 0 aliphatic heterocycles. The van der Waals surface area contributed by atoms with Crippen LogP contribution >= 0.6 is 11.5 Å². The summed E-state index contributed by atoms with van der Waals surface area (Å²) in [5, 5.41) is 4.79. The van der Waals surface area contributed by atoms with Crippen LogP contribution in [0.25, 0.3) is 22.2 Å². The molecule has 0 spiro atoms. The summed E-state index contributed by atoms with van der Waals surface area (Å²) in [7, 11) is 0. The summed E-state index contributed by atoms with van der Waals surface area (Å²) >= 11 is 1.30. The van der Waals surface area contributed by atoms with Gasteiger partial charge >= 0.3 is 0 Å². The van der Waals surface area contributed by atoms with Gasteiger partial charge in [-0.05, 0) is 23.2 Å². The monoisotopic (exact) mass is 333 g/mol. The number of hydrogen-bond donors (Lipinski definition) is 2. The van der Waals surface area contributed by atoms with E-state index >= 15 is 0 Å². The first kappa shape index (κ1) is 14.7. The molecular weight excluding hydrogens is 318 g/mol. The number of amides is 1. The van der Waals surface area contributed by atoms with Crippen LogP contribution in [0.5, 0.6) is 0 Å². The lowest BCUT2D eigenvalue weighted by molar-refractivity contribution is -0.115. The van der Waals surface area contributed by atoms with Crippen molar-refractivity contribution in [3.63, 3.8) is 0 Å². The molecule has 24 heavy (non-hydrogen) atoms. The van der Waals surface area contributed by atoms with Gasteiger partial charge in [0, 0.05) is 28.7 Å². The smallest absolute Gasteiger partial charge is 0.229 e. The molecule has 4 nitrogen and oxygen atoms in total. The maximum atomic E-state index is 12.3. The zero-order chi connectivity index (χ0) is 16.4. The highest BCUT2D eigenvalue weighted by atomic mass is 32.1. The maximum absolute atomic E-state index is 12.3. The number of carbonyl (C=O) groups excluding carboxylic acids is 1. The minimum Gasteiger partial charge on any atom is -0.361 e. The number of fused-ring (bicyclic) bond motifs is 1. The van der Waals surface area contributed by atoms with Crippen LogP contribution in [-0.4, -0.2) is 15.3 Å². The van der Waals surface area contributed by atoms with Crippen LogP contribution in [0.2, 0.25) is 0 Å². The number of carbonyl (C=O) groups is 1. The first-order chi connectivity index (χ1) is 11.8. The fourth-order valence-electron chi connectivity index (χ4n) is 2.71. The Bertz CT molecular complexity index is 988. The van der Waals surface area contributed by atoms with E-state index in [1.54, 1.807) is 0 Å². The van der Waals surface area contributed by atoms with Crippen molar-refractivity contribution < 1.29 is 4.79 Å². The molecule has 2 aromatic heterocycles. The van der Waals surface area contributed by atoms with Gasteiger partial charge in [-0.2, -0.15) is 4.37 Å². The van der Waals surface area contributed by atoms with Crippen LogP contribution in [0.1, 0.15) is 5.56 Å². The van der Waals surface area contributed by atoms with Gasteiger partial charge in [-0.25, -0.2) is 0 Å². The van der Waals surface area contributed by atoms with E-state index in [9.17, 15) is 4.79 Å². The van der Waals surface area contributed by atoms with Crippen molar-refractivity contribution >= 4 is 33.3 Å². The van der Waals surface area contributed by atoms with E-state index in [-0.39, 0.29) is 5.91 Å². The SMILES string of the molecule is O=C(Cc1c[nH]c2ccccc12)Nc1cc(-c2ccccc2)ns1. The van der Waals surface area contributed by atoms with E-state index in [0.717, 1.165) is 32.7 Å². The molecule has 5 heteroatoms. The highest BCUT2D eigenvalue weighted by Crippen LogP contribution is 2.25. The quantitative estimate of drug-likeness (QED) is 0.579. The minimum absolute atomic E-state index is 0.0389. The summed E-state index contributed by atoms with van der Waals surface area (Å²) in [5.74, 6) is -0.0389. The molecule has 0 atom stereocenters. The molecule has 2 heterocycles. The van der Waals surface area contributed by atoms with Gasteiger partial charge in [0.2, 0.25) is 5.91 Å². The van der Waals surface area contributed by atoms with Crippen molar-refractivity contribution in [2.24, 2.45) is 0 Å². The molecule has 0 saturated carbocycles. The second-order valence-electron chi connectivity index (χ2n) is 5.53. The van der Waals surface area contributed by atoms with Gasteiger partial charge in [0.25, 0.3) is 0 Å². The topological polar surface area (TPSA) is 57.8 Å². The summed E-state index contributed by atoms with van der Waals surface area (Å²) in [6, 6.07) is 19.8. The standard InChI is InChI=1S/C19H15N3OS/c23-18(10-14-12-20-16-9-5-4-8-15(14)16)21-19-11-17(22-24-19)13-6-2-1-3-7-13/h1-9,11-12,20H,10H2,(H,21,23). The molecule has 0 fully saturated rings. The third-order valence-electron chi connectivity index (χ3n) is 3.87. The van der Waals surface area contributed by atoms with Gasteiger partial charge in [0.15, 0.2) is 0 Å². The Labute approximate surface area is 143 Å². The number of H-pyrrole nitrogens is 1. The fourth-order valence-corrected chi connectivity index (χ4v) is 3.39. The molecule has 2 aromatic carbocycles. The molecule has 2 N–H and O–H groups in total. The first-order valence-electron chi connectivity index (χ1n) is 7.66. The lowest BCUT2D eigenvalue weighted by atomic mass is 10.1. The van der Waals surface area contributed by atoms with Gasteiger partial charge in [0.1, 0.15) is 5.00 Å². The Hall–Kier alpha value is -2.92. The molecule has 0 bridgehead atoms. The van der Waals surface area contributed by atoms with Gasteiger partial charge < -0.3 is 10.3 Å². The Morgan fingerprint density at radius 2 is 1.88 bits per heavy atom. The molecule has 0 aliphatic rings. The van der Waals surface area contributed by atoms with Crippen molar-refractivity contribution in [1.82, 2.24) is 9.36 Å². The lowest BCUT2D eigenvalue weighted by Crippen LogP contribution is -2.13. The number of nitrogens with one attached hydrogen (secondary N) is 2. The highest BCUT2D eigenvalue weighted by molar-refractivity contribution is 7.10. The number of rotatable bonds is 4. The number of aromatic nitrogens is 2. The number of hydrogen-bond acceptors (Lipinski definition) is 3. The van der Waals surface area contributed by atoms with Crippen molar-refractivity contribution in [2.75, 3.05) is 5.32 Å². The highest BCUT2D eigenvalue weighted by Gasteiger charge is 2.11. The van der Waals surface area contributed by atoms with Crippen LogP contribution in [0, 0.1) is 0 Å². The average Bonchev–Trinajstić information content (AvgIpc) is 3.23. The summed E-state index contributed by atoms with van der Waals surface area (Å²) < 4.78 is 4.41. The van der Waals surface area contributed by atoms with Crippen molar-refractivity contribution in [2.45, 2.75) is 6.42 Å². The molecule has 0 radical (unpaired) electrons. The Kier molecular flexibility index (Phi) is 3.84. The number of aromatic amines is 1. The van der Waals surface area contributed by atoms with Gasteiger partial charge in [-0.15, -0.1) is 0 Å². The number of nitrogens with zero attached hydrogens (tertiary/aromatic N) is 1. The van der Waals surface area contributed by atoms with Crippen LogP contribution < -0.4 is 5.32 Å².